The molecule has 98 valence electrons. The number of benzene rings is 1. The molecule has 3 heteroatoms. The summed E-state index contributed by atoms with van der Waals surface area (Å²) in [4.78, 5) is 11.8. The molecular formula is C16H18N2O. The number of nitrogens with zero attached hydrogens (tertiary/aromatic N) is 1. The number of rotatable bonds is 4. The number of carbonyl (C=O) groups excluding carboxylic acids is 1. The standard InChI is InChI=1S/C16H18N2O/c1-5-6-18-16(19)14(10-17)9-15-12(3)7-11(2)8-13(15)4/h5,7-9H,1,6H2,2-4H3,(H,18,19)/b14-9+. The van der Waals surface area contributed by atoms with E-state index in [9.17, 15) is 4.79 Å². The van der Waals surface area contributed by atoms with Crippen LogP contribution in [-0.2, 0) is 4.79 Å². The van der Waals surface area contributed by atoms with E-state index in [0.29, 0.717) is 6.54 Å². The molecule has 0 bridgehead atoms. The second-order valence-electron chi connectivity index (χ2n) is 4.48. The minimum Gasteiger partial charge on any atom is -0.348 e. The molecule has 3 nitrogen and oxygen atoms in total. The van der Waals surface area contributed by atoms with Gasteiger partial charge in [-0.2, -0.15) is 5.26 Å². The topological polar surface area (TPSA) is 52.9 Å². The lowest BCUT2D eigenvalue weighted by Gasteiger charge is -2.08. The molecule has 0 aliphatic rings. The first-order chi connectivity index (χ1) is 8.99. The number of aryl methyl sites for hydroxylation is 3. The van der Waals surface area contributed by atoms with Crippen LogP contribution in [0.2, 0.25) is 0 Å². The van der Waals surface area contributed by atoms with E-state index in [-0.39, 0.29) is 11.5 Å². The Kier molecular flexibility index (Phi) is 5.08. The van der Waals surface area contributed by atoms with Crippen molar-refractivity contribution in [1.82, 2.24) is 5.32 Å². The number of hydrogen-bond donors (Lipinski definition) is 1. The van der Waals surface area contributed by atoms with Gasteiger partial charge in [-0.15, -0.1) is 6.58 Å². The summed E-state index contributed by atoms with van der Waals surface area (Å²) in [5, 5.41) is 11.7. The monoisotopic (exact) mass is 254 g/mol. The lowest BCUT2D eigenvalue weighted by atomic mass is 9.98. The molecule has 0 atom stereocenters. The van der Waals surface area contributed by atoms with Crippen molar-refractivity contribution in [3.05, 3.63) is 52.6 Å². The van der Waals surface area contributed by atoms with E-state index in [0.717, 1.165) is 16.7 Å². The Morgan fingerprint density at radius 1 is 1.37 bits per heavy atom. The van der Waals surface area contributed by atoms with Gasteiger partial charge in [0.15, 0.2) is 0 Å². The first kappa shape index (κ1) is 14.7. The van der Waals surface area contributed by atoms with Crippen molar-refractivity contribution in [1.29, 1.82) is 5.26 Å². The average Bonchev–Trinajstić information content (AvgIpc) is 2.35. The van der Waals surface area contributed by atoms with Crippen molar-refractivity contribution in [2.24, 2.45) is 0 Å². The number of carbonyl (C=O) groups is 1. The number of amides is 1. The maximum absolute atomic E-state index is 11.8. The molecule has 0 spiro atoms. The molecule has 0 fully saturated rings. The molecule has 0 saturated heterocycles. The van der Waals surface area contributed by atoms with Crippen LogP contribution in [0, 0.1) is 32.1 Å². The van der Waals surface area contributed by atoms with Crippen LogP contribution in [0.25, 0.3) is 6.08 Å². The largest absolute Gasteiger partial charge is 0.348 e. The Morgan fingerprint density at radius 3 is 2.42 bits per heavy atom. The second kappa shape index (κ2) is 6.55. The summed E-state index contributed by atoms with van der Waals surface area (Å²) in [7, 11) is 0. The predicted molar refractivity (Wildman–Crippen MR) is 77.4 cm³/mol. The molecule has 1 aromatic rings. The summed E-state index contributed by atoms with van der Waals surface area (Å²) in [6.07, 6.45) is 3.22. The third-order valence-electron chi connectivity index (χ3n) is 2.80. The van der Waals surface area contributed by atoms with Gasteiger partial charge >= 0.3 is 0 Å². The predicted octanol–water partition coefficient (Wildman–Crippen LogP) is 2.82. The van der Waals surface area contributed by atoms with Gasteiger partial charge in [0.05, 0.1) is 0 Å². The summed E-state index contributed by atoms with van der Waals surface area (Å²) in [6, 6.07) is 6.02. The quantitative estimate of drug-likeness (QED) is 0.510. The van der Waals surface area contributed by atoms with Crippen molar-refractivity contribution in [3.63, 3.8) is 0 Å². The zero-order chi connectivity index (χ0) is 14.4. The highest BCUT2D eigenvalue weighted by Crippen LogP contribution is 2.19. The van der Waals surface area contributed by atoms with Crippen molar-refractivity contribution >= 4 is 12.0 Å². The molecule has 0 unspecified atom stereocenters. The SMILES string of the molecule is C=CCNC(=O)/C(C#N)=C/c1c(C)cc(C)cc1C. The van der Waals surface area contributed by atoms with Crippen LogP contribution in [-0.4, -0.2) is 12.5 Å². The molecule has 1 aromatic carbocycles. The van der Waals surface area contributed by atoms with E-state index in [1.54, 1.807) is 12.2 Å². The van der Waals surface area contributed by atoms with E-state index in [1.807, 2.05) is 39.0 Å². The lowest BCUT2D eigenvalue weighted by Crippen LogP contribution is -2.24. The number of nitriles is 1. The Morgan fingerprint density at radius 2 is 1.95 bits per heavy atom. The van der Waals surface area contributed by atoms with Crippen LogP contribution in [0.15, 0.2) is 30.4 Å². The van der Waals surface area contributed by atoms with Gasteiger partial charge in [0.25, 0.3) is 5.91 Å². The fourth-order valence-corrected chi connectivity index (χ4v) is 1.97. The van der Waals surface area contributed by atoms with E-state index >= 15 is 0 Å². The average molecular weight is 254 g/mol. The normalized spacial score (nSPS) is 10.7. The number of hydrogen-bond acceptors (Lipinski definition) is 2. The van der Waals surface area contributed by atoms with Crippen LogP contribution in [0.4, 0.5) is 0 Å². The van der Waals surface area contributed by atoms with Gasteiger partial charge in [0.1, 0.15) is 11.6 Å². The highest BCUT2D eigenvalue weighted by molar-refractivity contribution is 6.02. The first-order valence-corrected chi connectivity index (χ1v) is 6.08. The van der Waals surface area contributed by atoms with Gasteiger partial charge in [-0.1, -0.05) is 23.8 Å². The van der Waals surface area contributed by atoms with Crippen LogP contribution in [0.3, 0.4) is 0 Å². The highest BCUT2D eigenvalue weighted by Gasteiger charge is 2.10. The molecule has 0 aliphatic heterocycles. The Hall–Kier alpha value is -2.34. The molecule has 0 heterocycles. The zero-order valence-electron chi connectivity index (χ0n) is 11.6. The van der Waals surface area contributed by atoms with Gasteiger partial charge in [-0.05, 0) is 43.5 Å². The van der Waals surface area contributed by atoms with Gasteiger partial charge in [-0.25, -0.2) is 0 Å². The maximum Gasteiger partial charge on any atom is 0.262 e. The zero-order valence-corrected chi connectivity index (χ0v) is 11.6. The molecule has 0 aliphatic carbocycles. The van der Waals surface area contributed by atoms with E-state index in [2.05, 4.69) is 11.9 Å². The van der Waals surface area contributed by atoms with E-state index < -0.39 is 0 Å². The fraction of sp³-hybridized carbons (Fsp3) is 0.250. The maximum atomic E-state index is 11.8. The number of nitrogens with one attached hydrogen (secondary N) is 1. The summed E-state index contributed by atoms with van der Waals surface area (Å²) >= 11 is 0. The summed E-state index contributed by atoms with van der Waals surface area (Å²) in [5.41, 5.74) is 4.32. The Balaban J connectivity index is 3.16. The van der Waals surface area contributed by atoms with E-state index in [1.165, 1.54) is 5.56 Å². The summed E-state index contributed by atoms with van der Waals surface area (Å²) < 4.78 is 0. The molecule has 0 aromatic heterocycles. The molecular weight excluding hydrogens is 236 g/mol. The Bertz CT molecular complexity index is 554. The van der Waals surface area contributed by atoms with Crippen LogP contribution >= 0.6 is 0 Å². The smallest absolute Gasteiger partial charge is 0.262 e. The van der Waals surface area contributed by atoms with Gasteiger partial charge in [-0.3, -0.25) is 4.79 Å². The molecule has 1 amide bonds. The van der Waals surface area contributed by atoms with Crippen molar-refractivity contribution in [3.8, 4) is 6.07 Å². The third kappa shape index (κ3) is 3.82. The van der Waals surface area contributed by atoms with Gasteiger partial charge < -0.3 is 5.32 Å². The van der Waals surface area contributed by atoms with Crippen LogP contribution in [0.5, 0.6) is 0 Å². The molecule has 1 N–H and O–H groups in total. The minimum atomic E-state index is -0.373. The summed E-state index contributed by atoms with van der Waals surface area (Å²) in [6.45, 7) is 9.85. The molecule has 0 saturated carbocycles. The van der Waals surface area contributed by atoms with Crippen LogP contribution in [0.1, 0.15) is 22.3 Å². The second-order valence-corrected chi connectivity index (χ2v) is 4.48. The van der Waals surface area contributed by atoms with Crippen LogP contribution < -0.4 is 5.32 Å². The van der Waals surface area contributed by atoms with Gasteiger partial charge in [0.2, 0.25) is 0 Å². The van der Waals surface area contributed by atoms with Crippen molar-refractivity contribution < 1.29 is 4.79 Å². The minimum absolute atomic E-state index is 0.108. The summed E-state index contributed by atoms with van der Waals surface area (Å²) in [5.74, 6) is -0.373. The lowest BCUT2D eigenvalue weighted by molar-refractivity contribution is -0.116. The van der Waals surface area contributed by atoms with Crippen molar-refractivity contribution in [2.45, 2.75) is 20.8 Å². The molecule has 1 rings (SSSR count). The molecule has 19 heavy (non-hydrogen) atoms. The first-order valence-electron chi connectivity index (χ1n) is 6.08. The van der Waals surface area contributed by atoms with Crippen molar-refractivity contribution in [2.75, 3.05) is 6.54 Å². The third-order valence-corrected chi connectivity index (χ3v) is 2.80. The highest BCUT2D eigenvalue weighted by atomic mass is 16.1. The Labute approximate surface area is 114 Å². The molecule has 0 radical (unpaired) electrons. The van der Waals surface area contributed by atoms with E-state index in [4.69, 9.17) is 5.26 Å². The fourth-order valence-electron chi connectivity index (χ4n) is 1.97. The van der Waals surface area contributed by atoms with Gasteiger partial charge in [0, 0.05) is 6.54 Å².